The summed E-state index contributed by atoms with van der Waals surface area (Å²) in [6, 6.07) is 0.212. The number of ether oxygens (including phenoxy) is 1. The van der Waals surface area contributed by atoms with E-state index in [2.05, 4.69) is 34.9 Å². The average molecular weight is 285 g/mol. The minimum Gasteiger partial charge on any atom is -0.463 e. The predicted octanol–water partition coefficient (Wildman–Crippen LogP) is 1.35. The summed E-state index contributed by atoms with van der Waals surface area (Å²) < 4.78 is 9.93. The van der Waals surface area contributed by atoms with Crippen molar-refractivity contribution in [3.05, 3.63) is 17.5 Å². The molecule has 2 heterocycles. The molecule has 0 aromatic carbocycles. The van der Waals surface area contributed by atoms with Gasteiger partial charge < -0.3 is 14.6 Å². The number of hydrogen-bond donors (Lipinski definition) is 1. The van der Waals surface area contributed by atoms with Crippen LogP contribution in [-0.2, 0) is 6.42 Å². The van der Waals surface area contributed by atoms with E-state index < -0.39 is 0 Å². The van der Waals surface area contributed by atoms with Gasteiger partial charge >= 0.3 is 6.01 Å². The molecular weight excluding hydrogens is 272 g/mol. The van der Waals surface area contributed by atoms with Gasteiger partial charge in [-0.15, -0.1) is 0 Å². The Bertz CT molecular complexity index is 507. The third kappa shape index (κ3) is 4.32. The van der Waals surface area contributed by atoms with Crippen molar-refractivity contribution in [2.75, 3.05) is 18.5 Å². The summed E-state index contributed by atoms with van der Waals surface area (Å²) >= 11 is 5.79. The fraction of sp³-hybridized carbons (Fsp3) is 0.500. The van der Waals surface area contributed by atoms with E-state index in [-0.39, 0.29) is 11.3 Å². The van der Waals surface area contributed by atoms with Crippen LogP contribution in [0, 0.1) is 0 Å². The SMILES string of the molecule is CCCOc1nc(Cl)nc(NCCc2ncon2)n1. The van der Waals surface area contributed by atoms with Crippen LogP contribution in [0.25, 0.3) is 0 Å². The van der Waals surface area contributed by atoms with Crippen LogP contribution in [0.1, 0.15) is 19.2 Å². The van der Waals surface area contributed by atoms with E-state index >= 15 is 0 Å². The van der Waals surface area contributed by atoms with Gasteiger partial charge in [0.2, 0.25) is 17.6 Å². The van der Waals surface area contributed by atoms with Crippen molar-refractivity contribution in [1.82, 2.24) is 25.1 Å². The highest BCUT2D eigenvalue weighted by Gasteiger charge is 2.06. The number of nitrogens with zero attached hydrogens (tertiary/aromatic N) is 5. The third-order valence-electron chi connectivity index (χ3n) is 2.06. The second kappa shape index (κ2) is 6.83. The Kier molecular flexibility index (Phi) is 4.85. The molecule has 9 heteroatoms. The summed E-state index contributed by atoms with van der Waals surface area (Å²) in [6.07, 6.45) is 2.74. The molecule has 0 saturated heterocycles. The minimum atomic E-state index is 0.0863. The first-order chi connectivity index (χ1) is 9.28. The topological polar surface area (TPSA) is 98.9 Å². The van der Waals surface area contributed by atoms with Crippen LogP contribution in [0.4, 0.5) is 5.95 Å². The second-order valence-corrected chi connectivity index (χ2v) is 3.92. The summed E-state index contributed by atoms with van der Waals surface area (Å²) in [6.45, 7) is 3.07. The maximum absolute atomic E-state index is 5.79. The van der Waals surface area contributed by atoms with Crippen LogP contribution in [0.5, 0.6) is 6.01 Å². The van der Waals surface area contributed by atoms with Crippen LogP contribution >= 0.6 is 11.6 Å². The van der Waals surface area contributed by atoms with E-state index in [1.165, 1.54) is 6.39 Å². The molecule has 2 rings (SSSR count). The molecular formula is C10H13ClN6O2. The fourth-order valence-electron chi connectivity index (χ4n) is 1.26. The van der Waals surface area contributed by atoms with Crippen molar-refractivity contribution < 1.29 is 9.26 Å². The number of halogens is 1. The number of nitrogens with one attached hydrogen (secondary N) is 1. The maximum Gasteiger partial charge on any atom is 0.322 e. The van der Waals surface area contributed by atoms with Crippen LogP contribution in [0.3, 0.4) is 0 Å². The molecule has 19 heavy (non-hydrogen) atoms. The zero-order valence-electron chi connectivity index (χ0n) is 10.3. The molecule has 0 spiro atoms. The lowest BCUT2D eigenvalue weighted by atomic mass is 10.4. The molecule has 2 aromatic heterocycles. The molecule has 2 aromatic rings. The number of anilines is 1. The van der Waals surface area contributed by atoms with Crippen molar-refractivity contribution in [3.63, 3.8) is 0 Å². The first-order valence-electron chi connectivity index (χ1n) is 5.81. The van der Waals surface area contributed by atoms with Crippen LogP contribution < -0.4 is 10.1 Å². The van der Waals surface area contributed by atoms with E-state index in [0.29, 0.717) is 31.3 Å². The minimum absolute atomic E-state index is 0.0863. The highest BCUT2D eigenvalue weighted by molar-refractivity contribution is 6.28. The fourth-order valence-corrected chi connectivity index (χ4v) is 1.41. The van der Waals surface area contributed by atoms with Crippen molar-refractivity contribution >= 4 is 17.5 Å². The Hall–Kier alpha value is -1.96. The first-order valence-corrected chi connectivity index (χ1v) is 6.19. The monoisotopic (exact) mass is 284 g/mol. The van der Waals surface area contributed by atoms with E-state index in [0.717, 1.165) is 6.42 Å². The first kappa shape index (κ1) is 13.5. The highest BCUT2D eigenvalue weighted by Crippen LogP contribution is 2.11. The molecule has 0 atom stereocenters. The molecule has 0 amide bonds. The lowest BCUT2D eigenvalue weighted by molar-refractivity contribution is 0.291. The third-order valence-corrected chi connectivity index (χ3v) is 2.23. The molecule has 0 fully saturated rings. The lowest BCUT2D eigenvalue weighted by Crippen LogP contribution is -2.11. The van der Waals surface area contributed by atoms with E-state index in [9.17, 15) is 0 Å². The zero-order chi connectivity index (χ0) is 13.5. The van der Waals surface area contributed by atoms with Gasteiger partial charge in [-0.05, 0) is 18.0 Å². The van der Waals surface area contributed by atoms with Gasteiger partial charge in [0, 0.05) is 13.0 Å². The second-order valence-electron chi connectivity index (χ2n) is 3.58. The van der Waals surface area contributed by atoms with Crippen LogP contribution in [-0.4, -0.2) is 38.2 Å². The molecule has 0 unspecified atom stereocenters. The van der Waals surface area contributed by atoms with Gasteiger partial charge in [0.1, 0.15) is 0 Å². The van der Waals surface area contributed by atoms with Gasteiger partial charge in [0.15, 0.2) is 5.82 Å². The average Bonchev–Trinajstić information content (AvgIpc) is 2.89. The Morgan fingerprint density at radius 1 is 1.37 bits per heavy atom. The molecule has 0 saturated carbocycles. The molecule has 8 nitrogen and oxygen atoms in total. The van der Waals surface area contributed by atoms with E-state index in [4.69, 9.17) is 16.3 Å². The van der Waals surface area contributed by atoms with E-state index in [1.54, 1.807) is 0 Å². The highest BCUT2D eigenvalue weighted by atomic mass is 35.5. The van der Waals surface area contributed by atoms with Crippen molar-refractivity contribution in [3.8, 4) is 6.01 Å². The Morgan fingerprint density at radius 2 is 2.26 bits per heavy atom. The van der Waals surface area contributed by atoms with Crippen LogP contribution in [0.15, 0.2) is 10.9 Å². The maximum atomic E-state index is 5.79. The van der Waals surface area contributed by atoms with Crippen molar-refractivity contribution in [2.24, 2.45) is 0 Å². The summed E-state index contributed by atoms with van der Waals surface area (Å²) in [5.41, 5.74) is 0. The standard InChI is InChI=1S/C10H13ClN6O2/c1-2-5-18-10-15-8(11)14-9(16-10)12-4-3-7-13-6-19-17-7/h6H,2-5H2,1H3,(H,12,14,15,16). The zero-order valence-corrected chi connectivity index (χ0v) is 11.1. The van der Waals surface area contributed by atoms with Gasteiger partial charge in [-0.3, -0.25) is 0 Å². The quantitative estimate of drug-likeness (QED) is 0.813. The van der Waals surface area contributed by atoms with Crippen molar-refractivity contribution in [1.29, 1.82) is 0 Å². The number of aromatic nitrogens is 5. The number of hydrogen-bond acceptors (Lipinski definition) is 8. The molecule has 0 aliphatic heterocycles. The molecule has 0 bridgehead atoms. The molecule has 0 aliphatic carbocycles. The Labute approximate surface area is 114 Å². The Morgan fingerprint density at radius 3 is 3.00 bits per heavy atom. The molecule has 0 radical (unpaired) electrons. The molecule has 1 N–H and O–H groups in total. The summed E-state index contributed by atoms with van der Waals surface area (Å²) in [5.74, 6) is 0.963. The lowest BCUT2D eigenvalue weighted by Gasteiger charge is -2.06. The van der Waals surface area contributed by atoms with Crippen LogP contribution in [0.2, 0.25) is 5.28 Å². The van der Waals surface area contributed by atoms with Gasteiger partial charge in [0.25, 0.3) is 0 Å². The van der Waals surface area contributed by atoms with Gasteiger partial charge in [-0.25, -0.2) is 0 Å². The smallest absolute Gasteiger partial charge is 0.322 e. The summed E-state index contributed by atoms with van der Waals surface area (Å²) in [7, 11) is 0. The number of rotatable bonds is 7. The summed E-state index contributed by atoms with van der Waals surface area (Å²) in [4.78, 5) is 15.8. The van der Waals surface area contributed by atoms with Gasteiger partial charge in [0.05, 0.1) is 6.61 Å². The van der Waals surface area contributed by atoms with Gasteiger partial charge in [-0.1, -0.05) is 12.1 Å². The Balaban J connectivity index is 1.90. The van der Waals surface area contributed by atoms with Crippen molar-refractivity contribution in [2.45, 2.75) is 19.8 Å². The van der Waals surface area contributed by atoms with E-state index in [1.807, 2.05) is 6.92 Å². The molecule has 0 aliphatic rings. The molecule has 102 valence electrons. The predicted molar refractivity (Wildman–Crippen MR) is 67.1 cm³/mol. The normalized spacial score (nSPS) is 10.4. The van der Waals surface area contributed by atoms with Gasteiger partial charge in [-0.2, -0.15) is 19.9 Å². The summed E-state index contributed by atoms with van der Waals surface area (Å²) in [5, 5.41) is 6.77. The largest absolute Gasteiger partial charge is 0.463 e.